The molecule has 3 rings (SSSR count). The first-order valence-corrected chi connectivity index (χ1v) is 10.6. The Morgan fingerprint density at radius 1 is 1.06 bits per heavy atom. The highest BCUT2D eigenvalue weighted by molar-refractivity contribution is 7.17. The van der Waals surface area contributed by atoms with E-state index in [0.717, 1.165) is 22.6 Å². The molecule has 0 atom stereocenters. The fourth-order valence-corrected chi connectivity index (χ4v) is 4.33. The quantitative estimate of drug-likeness (QED) is 0.441. The number of carbonyl (C=O) groups excluding carboxylic acids is 3. The van der Waals surface area contributed by atoms with E-state index in [1.165, 1.54) is 11.3 Å². The molecule has 0 aliphatic carbocycles. The summed E-state index contributed by atoms with van der Waals surface area (Å²) in [6.07, 6.45) is 0.337. The Morgan fingerprint density at radius 2 is 1.78 bits per heavy atom. The summed E-state index contributed by atoms with van der Waals surface area (Å²) in [5.74, 6) is -3.42. The van der Waals surface area contributed by atoms with Gasteiger partial charge in [-0.05, 0) is 31.0 Å². The van der Waals surface area contributed by atoms with Crippen LogP contribution in [0.4, 0.5) is 13.8 Å². The highest BCUT2D eigenvalue weighted by Gasteiger charge is 2.22. The van der Waals surface area contributed by atoms with Gasteiger partial charge in [-0.25, -0.2) is 8.78 Å². The van der Waals surface area contributed by atoms with E-state index in [2.05, 4.69) is 10.6 Å². The number of nitrogens with two attached hydrogens (primary N) is 1. The third kappa shape index (κ3) is 5.36. The topological polar surface area (TPSA) is 101 Å². The van der Waals surface area contributed by atoms with Gasteiger partial charge >= 0.3 is 0 Å². The third-order valence-electron chi connectivity index (χ3n) is 4.69. The van der Waals surface area contributed by atoms with Crippen molar-refractivity contribution in [1.29, 1.82) is 0 Å². The van der Waals surface area contributed by atoms with E-state index in [0.29, 0.717) is 16.6 Å². The number of primary amides is 1. The average molecular weight is 458 g/mol. The van der Waals surface area contributed by atoms with Crippen molar-refractivity contribution >= 4 is 34.1 Å². The van der Waals surface area contributed by atoms with Crippen LogP contribution in [0.25, 0.3) is 11.1 Å². The fourth-order valence-electron chi connectivity index (χ4n) is 3.23. The van der Waals surface area contributed by atoms with E-state index < -0.39 is 23.4 Å². The molecular formula is C23H21F2N3O3S. The smallest absolute Gasteiger partial charge is 0.254 e. The van der Waals surface area contributed by atoms with E-state index in [1.807, 2.05) is 37.3 Å². The molecule has 0 fully saturated rings. The number of rotatable bonds is 8. The second-order valence-electron chi connectivity index (χ2n) is 7.00. The first-order chi connectivity index (χ1) is 15.3. The minimum atomic E-state index is -0.957. The van der Waals surface area contributed by atoms with Gasteiger partial charge in [0, 0.05) is 29.5 Å². The van der Waals surface area contributed by atoms with E-state index in [4.69, 9.17) is 5.73 Å². The van der Waals surface area contributed by atoms with Crippen LogP contribution in [0.1, 0.15) is 38.4 Å². The summed E-state index contributed by atoms with van der Waals surface area (Å²) < 4.78 is 26.6. The first-order valence-electron chi connectivity index (χ1n) is 9.79. The molecule has 32 heavy (non-hydrogen) atoms. The van der Waals surface area contributed by atoms with Gasteiger partial charge < -0.3 is 16.4 Å². The summed E-state index contributed by atoms with van der Waals surface area (Å²) in [6, 6.07) is 12.0. The highest BCUT2D eigenvalue weighted by Crippen LogP contribution is 2.39. The predicted octanol–water partition coefficient (Wildman–Crippen LogP) is 4.25. The molecule has 0 bridgehead atoms. The van der Waals surface area contributed by atoms with E-state index in [9.17, 15) is 23.2 Å². The standard InChI is InChI=1S/C23H21F2N3O3S/c1-13-19(14-6-3-2-4-7-14)20(21(26)30)23(32-13)28-18(29)8-5-11-27-22(31)16-10-9-15(24)12-17(16)25/h2-4,6-7,9-10,12H,5,8,11H2,1H3,(H2,26,30)(H,27,31)(H,28,29). The summed E-state index contributed by atoms with van der Waals surface area (Å²) in [4.78, 5) is 37.3. The van der Waals surface area contributed by atoms with Gasteiger partial charge in [0.25, 0.3) is 11.8 Å². The summed E-state index contributed by atoms with van der Waals surface area (Å²) in [6.45, 7) is 1.96. The average Bonchev–Trinajstić information content (AvgIpc) is 3.07. The SMILES string of the molecule is Cc1sc(NC(=O)CCCNC(=O)c2ccc(F)cc2F)c(C(N)=O)c1-c1ccccc1. The maximum Gasteiger partial charge on any atom is 0.254 e. The van der Waals surface area contributed by atoms with Crippen LogP contribution in [0, 0.1) is 18.6 Å². The Balaban J connectivity index is 1.59. The molecule has 6 nitrogen and oxygen atoms in total. The lowest BCUT2D eigenvalue weighted by molar-refractivity contribution is -0.116. The predicted molar refractivity (Wildman–Crippen MR) is 120 cm³/mol. The minimum Gasteiger partial charge on any atom is -0.365 e. The van der Waals surface area contributed by atoms with Crippen molar-refractivity contribution in [3.05, 3.63) is 76.2 Å². The normalized spacial score (nSPS) is 10.6. The van der Waals surface area contributed by atoms with Crippen molar-refractivity contribution < 1.29 is 23.2 Å². The van der Waals surface area contributed by atoms with Crippen LogP contribution in [0.2, 0.25) is 0 Å². The molecule has 1 heterocycles. The third-order valence-corrected chi connectivity index (χ3v) is 5.71. The molecule has 1 aromatic heterocycles. The largest absolute Gasteiger partial charge is 0.365 e. The van der Waals surface area contributed by atoms with Crippen LogP contribution in [0.15, 0.2) is 48.5 Å². The zero-order valence-corrected chi connectivity index (χ0v) is 18.0. The molecule has 166 valence electrons. The van der Waals surface area contributed by atoms with Crippen molar-refractivity contribution in [2.45, 2.75) is 19.8 Å². The molecule has 0 spiro atoms. The Bertz CT molecular complexity index is 1160. The van der Waals surface area contributed by atoms with Crippen molar-refractivity contribution in [3.8, 4) is 11.1 Å². The number of hydrogen-bond acceptors (Lipinski definition) is 4. The molecule has 0 saturated carbocycles. The molecule has 3 amide bonds. The molecular weight excluding hydrogens is 436 g/mol. The Morgan fingerprint density at radius 3 is 2.44 bits per heavy atom. The summed E-state index contributed by atoms with van der Waals surface area (Å²) in [5.41, 5.74) is 7.08. The Labute approximate surface area is 187 Å². The highest BCUT2D eigenvalue weighted by atomic mass is 32.1. The van der Waals surface area contributed by atoms with Gasteiger partial charge in [0.2, 0.25) is 5.91 Å². The number of amides is 3. The maximum atomic E-state index is 13.6. The molecule has 3 aromatic rings. The lowest BCUT2D eigenvalue weighted by atomic mass is 10.0. The number of nitrogens with one attached hydrogen (secondary N) is 2. The Hall–Kier alpha value is -3.59. The van der Waals surface area contributed by atoms with Crippen molar-refractivity contribution in [2.24, 2.45) is 5.73 Å². The number of anilines is 1. The van der Waals surface area contributed by atoms with Gasteiger partial charge in [0.15, 0.2) is 0 Å². The van der Waals surface area contributed by atoms with Crippen LogP contribution in [0.3, 0.4) is 0 Å². The van der Waals surface area contributed by atoms with Gasteiger partial charge in [-0.2, -0.15) is 0 Å². The van der Waals surface area contributed by atoms with E-state index in [1.54, 1.807) is 0 Å². The second kappa shape index (κ2) is 10.1. The molecule has 0 radical (unpaired) electrons. The van der Waals surface area contributed by atoms with Gasteiger partial charge in [-0.3, -0.25) is 14.4 Å². The molecule has 4 N–H and O–H groups in total. The van der Waals surface area contributed by atoms with Gasteiger partial charge in [-0.15, -0.1) is 11.3 Å². The van der Waals surface area contributed by atoms with Crippen molar-refractivity contribution in [1.82, 2.24) is 5.32 Å². The number of hydrogen-bond donors (Lipinski definition) is 3. The second-order valence-corrected chi connectivity index (χ2v) is 8.22. The van der Waals surface area contributed by atoms with Crippen molar-refractivity contribution in [3.63, 3.8) is 0 Å². The molecule has 0 saturated heterocycles. The maximum absolute atomic E-state index is 13.6. The van der Waals surface area contributed by atoms with Crippen LogP contribution in [-0.4, -0.2) is 24.3 Å². The van der Waals surface area contributed by atoms with Gasteiger partial charge in [0.1, 0.15) is 16.6 Å². The lowest BCUT2D eigenvalue weighted by Gasteiger charge is -2.08. The summed E-state index contributed by atoms with van der Waals surface area (Å²) in [7, 11) is 0. The zero-order chi connectivity index (χ0) is 23.3. The molecule has 2 aromatic carbocycles. The zero-order valence-electron chi connectivity index (χ0n) is 17.2. The molecule has 0 aliphatic heterocycles. The fraction of sp³-hybridized carbons (Fsp3) is 0.174. The van der Waals surface area contributed by atoms with Crippen LogP contribution in [0.5, 0.6) is 0 Å². The van der Waals surface area contributed by atoms with Crippen LogP contribution < -0.4 is 16.4 Å². The van der Waals surface area contributed by atoms with Crippen LogP contribution in [-0.2, 0) is 4.79 Å². The van der Waals surface area contributed by atoms with Gasteiger partial charge in [-0.1, -0.05) is 30.3 Å². The Kier molecular flexibility index (Phi) is 7.32. The monoisotopic (exact) mass is 457 g/mol. The summed E-state index contributed by atoms with van der Waals surface area (Å²) >= 11 is 1.26. The summed E-state index contributed by atoms with van der Waals surface area (Å²) in [5, 5.41) is 5.58. The lowest BCUT2D eigenvalue weighted by Crippen LogP contribution is -2.26. The van der Waals surface area contributed by atoms with Crippen molar-refractivity contribution in [2.75, 3.05) is 11.9 Å². The van der Waals surface area contributed by atoms with Crippen LogP contribution >= 0.6 is 11.3 Å². The number of benzene rings is 2. The molecule has 0 unspecified atom stereocenters. The number of aryl methyl sites for hydroxylation is 1. The first kappa shape index (κ1) is 23.1. The molecule has 0 aliphatic rings. The molecule has 9 heteroatoms. The minimum absolute atomic E-state index is 0.0575. The number of halogens is 2. The number of thiophene rings is 1. The van der Waals surface area contributed by atoms with E-state index >= 15 is 0 Å². The van der Waals surface area contributed by atoms with E-state index in [-0.39, 0.29) is 36.4 Å². The van der Waals surface area contributed by atoms with Gasteiger partial charge in [0.05, 0.1) is 11.1 Å². The number of carbonyl (C=O) groups is 3.